The molecule has 1 heterocycles. The Kier molecular flexibility index (Phi) is 2.45. The smallest absolute Gasteiger partial charge is 0.220 e. The Morgan fingerprint density at radius 2 is 1.72 bits per heavy atom. The largest absolute Gasteiger partial charge is 0.368 e. The summed E-state index contributed by atoms with van der Waals surface area (Å²) in [6.07, 6.45) is 0. The molecule has 0 unspecified atom stereocenters. The van der Waals surface area contributed by atoms with Gasteiger partial charge in [-0.15, -0.1) is 0 Å². The third kappa shape index (κ3) is 1.80. The van der Waals surface area contributed by atoms with Crippen LogP contribution in [0.2, 0.25) is 0 Å². The van der Waals surface area contributed by atoms with Crippen molar-refractivity contribution in [2.75, 3.05) is 5.73 Å². The summed E-state index contributed by atoms with van der Waals surface area (Å²) in [6, 6.07) is 16.4. The number of anilines is 1. The number of fused-ring (bicyclic) bond motifs is 1. The van der Waals surface area contributed by atoms with E-state index in [0.717, 1.165) is 17.0 Å². The maximum Gasteiger partial charge on any atom is 0.220 e. The number of aromatic nitrogens is 2. The fraction of sp³-hybridized carbons (Fsp3) is 0.0667. The topological polar surface area (TPSA) is 51.8 Å². The summed E-state index contributed by atoms with van der Waals surface area (Å²) in [6.45, 7) is 1.92. The molecular formula is C15H13N3. The van der Waals surface area contributed by atoms with Crippen LogP contribution < -0.4 is 5.73 Å². The molecule has 2 aromatic carbocycles. The molecule has 3 rings (SSSR count). The molecule has 0 aliphatic heterocycles. The molecule has 18 heavy (non-hydrogen) atoms. The summed E-state index contributed by atoms with van der Waals surface area (Å²) in [7, 11) is 0. The second-order valence-corrected chi connectivity index (χ2v) is 4.28. The van der Waals surface area contributed by atoms with Crippen molar-refractivity contribution in [3.8, 4) is 11.3 Å². The van der Waals surface area contributed by atoms with Crippen molar-refractivity contribution in [3.63, 3.8) is 0 Å². The first-order chi connectivity index (χ1) is 8.74. The van der Waals surface area contributed by atoms with Crippen LogP contribution in [0.4, 0.5) is 5.95 Å². The summed E-state index contributed by atoms with van der Waals surface area (Å²) >= 11 is 0. The first-order valence-corrected chi connectivity index (χ1v) is 5.83. The molecule has 0 radical (unpaired) electrons. The fourth-order valence-corrected chi connectivity index (χ4v) is 2.18. The number of rotatable bonds is 1. The molecule has 0 saturated heterocycles. The number of hydrogen-bond donors (Lipinski definition) is 1. The van der Waals surface area contributed by atoms with E-state index in [9.17, 15) is 0 Å². The highest BCUT2D eigenvalue weighted by Gasteiger charge is 2.06. The Hall–Kier alpha value is -2.42. The van der Waals surface area contributed by atoms with Gasteiger partial charge >= 0.3 is 0 Å². The van der Waals surface area contributed by atoms with Gasteiger partial charge in [0.05, 0.1) is 5.69 Å². The molecule has 2 N–H and O–H groups in total. The quantitative estimate of drug-likeness (QED) is 0.704. The van der Waals surface area contributed by atoms with Gasteiger partial charge in [-0.25, -0.2) is 9.97 Å². The molecule has 88 valence electrons. The molecule has 0 amide bonds. The van der Waals surface area contributed by atoms with Crippen molar-refractivity contribution >= 4 is 16.7 Å². The van der Waals surface area contributed by atoms with Crippen LogP contribution in [-0.4, -0.2) is 9.97 Å². The van der Waals surface area contributed by atoms with E-state index in [2.05, 4.69) is 34.2 Å². The SMILES string of the molecule is Cc1cc(-c2cccc3ccccc23)nc(N)n1. The summed E-state index contributed by atoms with van der Waals surface area (Å²) in [5.74, 6) is 0.318. The van der Waals surface area contributed by atoms with Crippen molar-refractivity contribution in [1.82, 2.24) is 9.97 Å². The lowest BCUT2D eigenvalue weighted by Gasteiger charge is -2.07. The molecule has 0 spiro atoms. The van der Waals surface area contributed by atoms with Gasteiger partial charge in [0.25, 0.3) is 0 Å². The monoisotopic (exact) mass is 235 g/mol. The Morgan fingerprint density at radius 1 is 0.944 bits per heavy atom. The van der Waals surface area contributed by atoms with Gasteiger partial charge in [0.1, 0.15) is 0 Å². The van der Waals surface area contributed by atoms with Crippen LogP contribution in [0, 0.1) is 6.92 Å². The first-order valence-electron chi connectivity index (χ1n) is 5.83. The predicted molar refractivity (Wildman–Crippen MR) is 74.1 cm³/mol. The molecular weight excluding hydrogens is 222 g/mol. The average molecular weight is 235 g/mol. The summed E-state index contributed by atoms with van der Waals surface area (Å²) < 4.78 is 0. The van der Waals surface area contributed by atoms with Gasteiger partial charge < -0.3 is 5.73 Å². The van der Waals surface area contributed by atoms with Gasteiger partial charge in [0, 0.05) is 11.3 Å². The van der Waals surface area contributed by atoms with Crippen LogP contribution in [-0.2, 0) is 0 Å². The van der Waals surface area contributed by atoms with Gasteiger partial charge in [-0.3, -0.25) is 0 Å². The zero-order valence-corrected chi connectivity index (χ0v) is 10.1. The standard InChI is InChI=1S/C15H13N3/c1-10-9-14(18-15(16)17-10)13-8-4-6-11-5-2-3-7-12(11)13/h2-9H,1H3,(H2,16,17,18). The normalized spacial score (nSPS) is 10.7. The van der Waals surface area contributed by atoms with Gasteiger partial charge in [-0.1, -0.05) is 42.5 Å². The van der Waals surface area contributed by atoms with Gasteiger partial charge in [-0.2, -0.15) is 0 Å². The molecule has 0 bridgehead atoms. The first kappa shape index (κ1) is 10.7. The van der Waals surface area contributed by atoms with E-state index in [1.54, 1.807) is 0 Å². The average Bonchev–Trinajstić information content (AvgIpc) is 2.37. The second kappa shape index (κ2) is 4.11. The van der Waals surface area contributed by atoms with Crippen molar-refractivity contribution in [2.45, 2.75) is 6.92 Å². The zero-order chi connectivity index (χ0) is 12.5. The van der Waals surface area contributed by atoms with E-state index in [1.165, 1.54) is 10.8 Å². The van der Waals surface area contributed by atoms with Crippen LogP contribution in [0.5, 0.6) is 0 Å². The summed E-state index contributed by atoms with van der Waals surface area (Å²) in [5.41, 5.74) is 8.56. The molecule has 0 atom stereocenters. The predicted octanol–water partition coefficient (Wildman–Crippen LogP) is 3.19. The van der Waals surface area contributed by atoms with E-state index >= 15 is 0 Å². The van der Waals surface area contributed by atoms with Crippen molar-refractivity contribution in [3.05, 3.63) is 54.2 Å². The lowest BCUT2D eigenvalue weighted by atomic mass is 10.0. The van der Waals surface area contributed by atoms with Crippen molar-refractivity contribution in [1.29, 1.82) is 0 Å². The minimum Gasteiger partial charge on any atom is -0.368 e. The third-order valence-corrected chi connectivity index (χ3v) is 2.94. The lowest BCUT2D eigenvalue weighted by Crippen LogP contribution is -1.98. The molecule has 0 fully saturated rings. The van der Waals surface area contributed by atoms with Crippen LogP contribution in [0.25, 0.3) is 22.0 Å². The van der Waals surface area contributed by atoms with Gasteiger partial charge in [-0.05, 0) is 23.8 Å². The number of nitrogens with two attached hydrogens (primary N) is 1. The molecule has 3 nitrogen and oxygen atoms in total. The second-order valence-electron chi connectivity index (χ2n) is 4.28. The Balaban J connectivity index is 2.31. The highest BCUT2D eigenvalue weighted by molar-refractivity contribution is 5.95. The highest BCUT2D eigenvalue weighted by atomic mass is 15.0. The number of hydrogen-bond acceptors (Lipinski definition) is 3. The molecule has 0 aliphatic carbocycles. The zero-order valence-electron chi connectivity index (χ0n) is 10.1. The maximum absolute atomic E-state index is 5.72. The number of aryl methyl sites for hydroxylation is 1. The third-order valence-electron chi connectivity index (χ3n) is 2.94. The Labute approximate surface area is 105 Å². The number of nitrogen functional groups attached to an aromatic ring is 1. The Morgan fingerprint density at radius 3 is 2.56 bits per heavy atom. The van der Waals surface area contributed by atoms with E-state index in [1.807, 2.05) is 31.2 Å². The molecule has 3 aromatic rings. The van der Waals surface area contributed by atoms with Gasteiger partial charge in [0.2, 0.25) is 5.95 Å². The van der Waals surface area contributed by atoms with Crippen LogP contribution in [0.3, 0.4) is 0 Å². The summed E-state index contributed by atoms with van der Waals surface area (Å²) in [4.78, 5) is 8.43. The van der Waals surface area contributed by atoms with Crippen LogP contribution in [0.15, 0.2) is 48.5 Å². The van der Waals surface area contributed by atoms with E-state index < -0.39 is 0 Å². The number of nitrogens with zero attached hydrogens (tertiary/aromatic N) is 2. The minimum absolute atomic E-state index is 0.318. The van der Waals surface area contributed by atoms with Crippen LogP contribution in [0.1, 0.15) is 5.69 Å². The van der Waals surface area contributed by atoms with E-state index in [4.69, 9.17) is 5.73 Å². The molecule has 0 saturated carbocycles. The number of benzene rings is 2. The van der Waals surface area contributed by atoms with E-state index in [-0.39, 0.29) is 0 Å². The van der Waals surface area contributed by atoms with Crippen molar-refractivity contribution in [2.24, 2.45) is 0 Å². The lowest BCUT2D eigenvalue weighted by molar-refractivity contribution is 1.12. The van der Waals surface area contributed by atoms with E-state index in [0.29, 0.717) is 5.95 Å². The van der Waals surface area contributed by atoms with Crippen molar-refractivity contribution < 1.29 is 0 Å². The molecule has 1 aromatic heterocycles. The highest BCUT2D eigenvalue weighted by Crippen LogP contribution is 2.27. The Bertz CT molecular complexity index is 694. The molecule has 3 heteroatoms. The van der Waals surface area contributed by atoms with Gasteiger partial charge in [0.15, 0.2) is 0 Å². The summed E-state index contributed by atoms with van der Waals surface area (Å²) in [5, 5.41) is 2.38. The van der Waals surface area contributed by atoms with Crippen LogP contribution >= 0.6 is 0 Å². The maximum atomic E-state index is 5.72. The minimum atomic E-state index is 0.318. The fourth-order valence-electron chi connectivity index (χ4n) is 2.18. The molecule has 0 aliphatic rings.